The number of para-hydroxylation sites is 2. The van der Waals surface area contributed by atoms with Crippen molar-refractivity contribution in [2.24, 2.45) is 0 Å². The lowest BCUT2D eigenvalue weighted by molar-refractivity contribution is 0.0696. The number of carbonyl (C=O) groups is 1. The van der Waals surface area contributed by atoms with Crippen LogP contribution in [0.5, 0.6) is 0 Å². The first kappa shape index (κ1) is 15.1. The van der Waals surface area contributed by atoms with Crippen molar-refractivity contribution in [2.75, 3.05) is 5.32 Å². The number of nitrogens with one attached hydrogen (secondary N) is 1. The number of pyridine rings is 1. The normalized spacial score (nSPS) is 10.9. The van der Waals surface area contributed by atoms with Crippen LogP contribution >= 0.6 is 0 Å². The van der Waals surface area contributed by atoms with Gasteiger partial charge in [0.05, 0.1) is 22.3 Å². The molecule has 0 saturated heterocycles. The van der Waals surface area contributed by atoms with Crippen molar-refractivity contribution < 1.29 is 9.90 Å². The summed E-state index contributed by atoms with van der Waals surface area (Å²) >= 11 is 0. The summed E-state index contributed by atoms with van der Waals surface area (Å²) in [7, 11) is 0. The summed E-state index contributed by atoms with van der Waals surface area (Å²) in [4.78, 5) is 16.1. The summed E-state index contributed by atoms with van der Waals surface area (Å²) in [5.74, 6) is -0.915. The molecular weight excluding hydrogens is 312 g/mol. The molecule has 3 aromatic carbocycles. The number of hydrogen-bond acceptors (Lipinski definition) is 3. The number of anilines is 1. The zero-order valence-corrected chi connectivity index (χ0v) is 13.4. The molecule has 0 atom stereocenters. The lowest BCUT2D eigenvalue weighted by Crippen LogP contribution is -2.07. The van der Waals surface area contributed by atoms with Gasteiger partial charge in [-0.2, -0.15) is 0 Å². The predicted octanol–water partition coefficient (Wildman–Crippen LogP) is 4.70. The highest BCUT2D eigenvalue weighted by molar-refractivity contribution is 6.07. The largest absolute Gasteiger partial charge is 0.478 e. The third-order valence-electron chi connectivity index (χ3n) is 4.29. The average Bonchev–Trinajstić information content (AvgIpc) is 2.65. The monoisotopic (exact) mass is 328 g/mol. The maximum absolute atomic E-state index is 11.4. The molecule has 0 unspecified atom stereocenters. The number of aromatic carboxylic acids is 1. The number of aromatic nitrogens is 1. The number of fused-ring (bicyclic) bond motifs is 2. The molecule has 0 bridgehead atoms. The highest BCUT2D eigenvalue weighted by Gasteiger charge is 2.11. The Morgan fingerprint density at radius 3 is 2.04 bits per heavy atom. The molecule has 4 nitrogen and oxygen atoms in total. The quantitative estimate of drug-likeness (QED) is 0.533. The number of hydrogen-bond donors (Lipinski definition) is 2. The minimum Gasteiger partial charge on any atom is -0.478 e. The molecule has 1 heterocycles. The standard InChI is InChI=1S/C21H16N2O2/c24-21(25)15-8-2-1-7-14(15)13-22-20-16-9-3-5-11-18(16)23-19-12-6-4-10-17(19)20/h1-12H,13H2,(H,22,23)(H,24,25). The topological polar surface area (TPSA) is 62.2 Å². The smallest absolute Gasteiger partial charge is 0.336 e. The first-order valence-corrected chi connectivity index (χ1v) is 8.06. The number of nitrogens with zero attached hydrogens (tertiary/aromatic N) is 1. The highest BCUT2D eigenvalue weighted by Crippen LogP contribution is 2.31. The summed E-state index contributed by atoms with van der Waals surface area (Å²) in [5.41, 5.74) is 3.87. The second-order valence-corrected chi connectivity index (χ2v) is 5.84. The van der Waals surface area contributed by atoms with Crippen LogP contribution in [0.3, 0.4) is 0 Å². The maximum Gasteiger partial charge on any atom is 0.336 e. The lowest BCUT2D eigenvalue weighted by Gasteiger charge is -2.14. The first-order valence-electron chi connectivity index (χ1n) is 8.06. The number of carboxylic acid groups (broad SMARTS) is 1. The molecule has 0 aliphatic heterocycles. The van der Waals surface area contributed by atoms with Crippen molar-refractivity contribution in [3.05, 3.63) is 83.9 Å². The molecule has 0 fully saturated rings. The van der Waals surface area contributed by atoms with Crippen LogP contribution in [0, 0.1) is 0 Å². The summed E-state index contributed by atoms with van der Waals surface area (Å²) in [5, 5.41) is 14.9. The van der Waals surface area contributed by atoms with Crippen LogP contribution < -0.4 is 5.32 Å². The molecule has 0 saturated carbocycles. The van der Waals surface area contributed by atoms with Crippen LogP contribution in [0.4, 0.5) is 5.69 Å². The Kier molecular flexibility index (Phi) is 3.78. The van der Waals surface area contributed by atoms with Crippen LogP contribution in [0.2, 0.25) is 0 Å². The molecule has 0 spiro atoms. The fourth-order valence-corrected chi connectivity index (χ4v) is 3.10. The zero-order chi connectivity index (χ0) is 17.2. The molecular formula is C21H16N2O2. The zero-order valence-electron chi connectivity index (χ0n) is 13.4. The summed E-state index contributed by atoms with van der Waals surface area (Å²) in [6.07, 6.45) is 0. The van der Waals surface area contributed by atoms with Crippen molar-refractivity contribution in [1.29, 1.82) is 0 Å². The van der Waals surface area contributed by atoms with Gasteiger partial charge in [0.2, 0.25) is 0 Å². The third kappa shape index (κ3) is 2.78. The molecule has 2 N–H and O–H groups in total. The van der Waals surface area contributed by atoms with E-state index >= 15 is 0 Å². The van der Waals surface area contributed by atoms with E-state index in [0.717, 1.165) is 33.1 Å². The first-order chi connectivity index (χ1) is 12.2. The Bertz CT molecular complexity index is 1040. The van der Waals surface area contributed by atoms with E-state index in [0.29, 0.717) is 12.1 Å². The summed E-state index contributed by atoms with van der Waals surface area (Å²) in [6, 6.07) is 23.0. The number of rotatable bonds is 4. The van der Waals surface area contributed by atoms with E-state index in [-0.39, 0.29) is 0 Å². The van der Waals surface area contributed by atoms with Gasteiger partial charge < -0.3 is 10.4 Å². The maximum atomic E-state index is 11.4. The minimum absolute atomic E-state index is 0.317. The van der Waals surface area contributed by atoms with Gasteiger partial charge in [0.15, 0.2) is 0 Å². The van der Waals surface area contributed by atoms with Crippen LogP contribution in [0.15, 0.2) is 72.8 Å². The Morgan fingerprint density at radius 1 is 0.840 bits per heavy atom. The number of benzene rings is 3. The molecule has 1 aromatic heterocycles. The van der Waals surface area contributed by atoms with Gasteiger partial charge in [-0.25, -0.2) is 9.78 Å². The van der Waals surface area contributed by atoms with Crippen LogP contribution in [-0.4, -0.2) is 16.1 Å². The molecule has 4 rings (SSSR count). The predicted molar refractivity (Wildman–Crippen MR) is 100.0 cm³/mol. The molecule has 122 valence electrons. The molecule has 4 heteroatoms. The van der Waals surface area contributed by atoms with Crippen LogP contribution in [-0.2, 0) is 6.54 Å². The summed E-state index contributed by atoms with van der Waals surface area (Å²) < 4.78 is 0. The molecule has 4 aromatic rings. The van der Waals surface area contributed by atoms with Gasteiger partial charge in [0.1, 0.15) is 0 Å². The van der Waals surface area contributed by atoms with E-state index in [1.54, 1.807) is 12.1 Å². The van der Waals surface area contributed by atoms with Crippen LogP contribution in [0.25, 0.3) is 21.8 Å². The molecule has 0 radical (unpaired) electrons. The van der Waals surface area contributed by atoms with Crippen molar-refractivity contribution in [3.8, 4) is 0 Å². The fraction of sp³-hybridized carbons (Fsp3) is 0.0476. The van der Waals surface area contributed by atoms with Crippen molar-refractivity contribution in [3.63, 3.8) is 0 Å². The fourth-order valence-electron chi connectivity index (χ4n) is 3.10. The minimum atomic E-state index is -0.915. The van der Waals surface area contributed by atoms with E-state index in [1.165, 1.54) is 0 Å². The third-order valence-corrected chi connectivity index (χ3v) is 4.29. The molecule has 0 aliphatic carbocycles. The van der Waals surface area contributed by atoms with Gasteiger partial charge >= 0.3 is 5.97 Å². The molecule has 0 amide bonds. The molecule has 0 aliphatic rings. The van der Waals surface area contributed by atoms with E-state index < -0.39 is 5.97 Å². The van der Waals surface area contributed by atoms with Crippen LogP contribution in [0.1, 0.15) is 15.9 Å². The van der Waals surface area contributed by atoms with E-state index in [1.807, 2.05) is 60.7 Å². The Balaban J connectivity index is 1.82. The Morgan fingerprint density at radius 2 is 1.40 bits per heavy atom. The highest BCUT2D eigenvalue weighted by atomic mass is 16.4. The second-order valence-electron chi connectivity index (χ2n) is 5.84. The van der Waals surface area contributed by atoms with E-state index in [2.05, 4.69) is 5.32 Å². The van der Waals surface area contributed by atoms with Crippen molar-refractivity contribution in [1.82, 2.24) is 4.98 Å². The average molecular weight is 328 g/mol. The van der Waals surface area contributed by atoms with E-state index in [4.69, 9.17) is 4.98 Å². The van der Waals surface area contributed by atoms with Crippen molar-refractivity contribution in [2.45, 2.75) is 6.54 Å². The molecule has 25 heavy (non-hydrogen) atoms. The Hall–Kier alpha value is -3.40. The summed E-state index contributed by atoms with van der Waals surface area (Å²) in [6.45, 7) is 0.431. The van der Waals surface area contributed by atoms with Crippen molar-refractivity contribution >= 4 is 33.5 Å². The Labute approximate surface area is 144 Å². The SMILES string of the molecule is O=C(O)c1ccccc1CNc1c2ccccc2nc2ccccc12. The second kappa shape index (κ2) is 6.24. The van der Waals surface area contributed by atoms with Gasteiger partial charge in [0, 0.05) is 17.3 Å². The van der Waals surface area contributed by atoms with E-state index in [9.17, 15) is 9.90 Å². The lowest BCUT2D eigenvalue weighted by atomic mass is 10.1. The number of carboxylic acids is 1. The van der Waals surface area contributed by atoms with Gasteiger partial charge in [0.25, 0.3) is 0 Å². The van der Waals surface area contributed by atoms with Gasteiger partial charge in [-0.1, -0.05) is 54.6 Å². The van der Waals surface area contributed by atoms with Gasteiger partial charge in [-0.3, -0.25) is 0 Å². The van der Waals surface area contributed by atoms with Gasteiger partial charge in [-0.15, -0.1) is 0 Å². The van der Waals surface area contributed by atoms with Gasteiger partial charge in [-0.05, 0) is 23.8 Å².